The summed E-state index contributed by atoms with van der Waals surface area (Å²) in [5.41, 5.74) is 3.07. The van der Waals surface area contributed by atoms with Gasteiger partial charge in [0, 0.05) is 48.5 Å². The van der Waals surface area contributed by atoms with Crippen molar-refractivity contribution in [3.05, 3.63) is 68.8 Å². The average Bonchev–Trinajstić information content (AvgIpc) is 3.33. The van der Waals surface area contributed by atoms with E-state index in [0.717, 1.165) is 16.8 Å². The molecule has 4 rings (SSSR count). The van der Waals surface area contributed by atoms with E-state index in [0.29, 0.717) is 31.6 Å². The zero-order chi connectivity index (χ0) is 22.2. The number of amides is 2. The van der Waals surface area contributed by atoms with E-state index < -0.39 is 16.6 Å². The van der Waals surface area contributed by atoms with E-state index in [1.807, 2.05) is 18.2 Å². The fraction of sp³-hybridized carbons (Fsp3) is 0.364. The first-order valence-electron chi connectivity index (χ1n) is 10.0. The number of benzene rings is 2. The van der Waals surface area contributed by atoms with E-state index in [1.165, 1.54) is 12.1 Å². The summed E-state index contributed by atoms with van der Waals surface area (Å²) in [7, 11) is 1.75. The molecule has 1 N–H and O–H groups in total. The number of ether oxygens (including phenoxy) is 2. The highest BCUT2D eigenvalue weighted by Gasteiger charge is 2.39. The molecule has 0 unspecified atom stereocenters. The van der Waals surface area contributed by atoms with E-state index >= 15 is 0 Å². The maximum atomic E-state index is 12.6. The molecule has 9 nitrogen and oxygen atoms in total. The molecule has 2 aromatic carbocycles. The van der Waals surface area contributed by atoms with Crippen LogP contribution in [0.5, 0.6) is 0 Å². The van der Waals surface area contributed by atoms with Crippen molar-refractivity contribution in [1.29, 1.82) is 0 Å². The summed E-state index contributed by atoms with van der Waals surface area (Å²) >= 11 is 0. The first-order chi connectivity index (χ1) is 14.8. The molecule has 0 bridgehead atoms. The summed E-state index contributed by atoms with van der Waals surface area (Å²) in [6.07, 6.45) is 0.688. The molecule has 2 aliphatic rings. The standard InChI is InChI=1S/C22H23N3O6/c1-14-17(4-3-5-18(14)25(28)29)21(27)23-9-8-22(30-10-11-31-22)16-6-7-19-15(12-16)13-20(26)24(19)2/h3-7,12H,8-11,13H2,1-2H3,(H,23,27). The molecule has 0 radical (unpaired) electrons. The lowest BCUT2D eigenvalue weighted by molar-refractivity contribution is -0.385. The van der Waals surface area contributed by atoms with Crippen molar-refractivity contribution in [2.45, 2.75) is 25.6 Å². The molecule has 1 fully saturated rings. The van der Waals surface area contributed by atoms with Crippen LogP contribution in [0.4, 0.5) is 11.4 Å². The van der Waals surface area contributed by atoms with Crippen molar-refractivity contribution in [2.24, 2.45) is 0 Å². The van der Waals surface area contributed by atoms with Crippen LogP contribution >= 0.6 is 0 Å². The molecular formula is C22H23N3O6. The SMILES string of the molecule is Cc1c(C(=O)NCCC2(c3ccc4c(c3)CC(=O)N4C)OCCO2)cccc1[N+](=O)[O-]. The number of anilines is 1. The Kier molecular flexibility index (Phi) is 5.47. The maximum absolute atomic E-state index is 12.6. The Morgan fingerprint density at radius 1 is 1.26 bits per heavy atom. The molecule has 162 valence electrons. The molecular weight excluding hydrogens is 402 g/mol. The zero-order valence-corrected chi connectivity index (χ0v) is 17.3. The number of hydrogen-bond acceptors (Lipinski definition) is 6. The number of nitrogens with one attached hydrogen (secondary N) is 1. The predicted molar refractivity (Wildman–Crippen MR) is 112 cm³/mol. The van der Waals surface area contributed by atoms with Crippen LogP contribution in [0, 0.1) is 17.0 Å². The van der Waals surface area contributed by atoms with Gasteiger partial charge in [-0.25, -0.2) is 0 Å². The fourth-order valence-corrected chi connectivity index (χ4v) is 4.12. The Hall–Kier alpha value is -3.30. The highest BCUT2D eigenvalue weighted by atomic mass is 16.7. The third kappa shape index (κ3) is 3.77. The van der Waals surface area contributed by atoms with E-state index in [1.54, 1.807) is 24.9 Å². The quantitative estimate of drug-likeness (QED) is 0.562. The molecule has 1 saturated heterocycles. The van der Waals surface area contributed by atoms with Crippen LogP contribution in [0.3, 0.4) is 0 Å². The Bertz CT molecular complexity index is 1060. The molecule has 2 amide bonds. The number of carbonyl (C=O) groups excluding carboxylic acids is 2. The molecule has 0 spiro atoms. The Morgan fingerprint density at radius 3 is 2.71 bits per heavy atom. The number of likely N-dealkylation sites (N-methyl/N-ethyl adjacent to an activating group) is 1. The van der Waals surface area contributed by atoms with Crippen molar-refractivity contribution in [3.63, 3.8) is 0 Å². The first-order valence-corrected chi connectivity index (χ1v) is 10.0. The van der Waals surface area contributed by atoms with Gasteiger partial charge in [0.15, 0.2) is 5.79 Å². The van der Waals surface area contributed by atoms with E-state index in [4.69, 9.17) is 9.47 Å². The molecule has 0 aliphatic carbocycles. The van der Waals surface area contributed by atoms with Crippen molar-refractivity contribution in [3.8, 4) is 0 Å². The lowest BCUT2D eigenvalue weighted by Crippen LogP contribution is -2.34. The molecule has 0 saturated carbocycles. The first kappa shape index (κ1) is 21.0. The summed E-state index contributed by atoms with van der Waals surface area (Å²) in [5.74, 6) is -1.37. The van der Waals surface area contributed by atoms with Gasteiger partial charge in [-0.15, -0.1) is 0 Å². The van der Waals surface area contributed by atoms with Gasteiger partial charge in [0.25, 0.3) is 11.6 Å². The van der Waals surface area contributed by atoms with Crippen LogP contribution in [0.25, 0.3) is 0 Å². The lowest BCUT2D eigenvalue weighted by atomic mass is 9.98. The van der Waals surface area contributed by atoms with Crippen LogP contribution in [0.15, 0.2) is 36.4 Å². The Balaban J connectivity index is 1.49. The number of carbonyl (C=O) groups is 2. The molecule has 9 heteroatoms. The highest BCUT2D eigenvalue weighted by molar-refractivity contribution is 6.01. The van der Waals surface area contributed by atoms with Gasteiger partial charge in [-0.05, 0) is 30.7 Å². The molecule has 2 aromatic rings. The van der Waals surface area contributed by atoms with Gasteiger partial charge in [0.05, 0.1) is 24.6 Å². The van der Waals surface area contributed by atoms with Gasteiger partial charge in [-0.3, -0.25) is 19.7 Å². The number of nitrogens with zero attached hydrogens (tertiary/aromatic N) is 2. The second-order valence-electron chi connectivity index (χ2n) is 7.64. The summed E-state index contributed by atoms with van der Waals surface area (Å²) < 4.78 is 11.9. The Labute approximate surface area is 179 Å². The topological polar surface area (TPSA) is 111 Å². The largest absolute Gasteiger partial charge is 0.352 e. The minimum absolute atomic E-state index is 0.0362. The van der Waals surface area contributed by atoms with Crippen LogP contribution in [0.2, 0.25) is 0 Å². The van der Waals surface area contributed by atoms with Crippen molar-refractivity contribution < 1.29 is 24.0 Å². The summed E-state index contributed by atoms with van der Waals surface area (Å²) in [6, 6.07) is 10.1. The van der Waals surface area contributed by atoms with Gasteiger partial charge in [0.2, 0.25) is 5.91 Å². The molecule has 0 aromatic heterocycles. The van der Waals surface area contributed by atoms with Gasteiger partial charge >= 0.3 is 0 Å². The second-order valence-corrected chi connectivity index (χ2v) is 7.64. The van der Waals surface area contributed by atoms with Crippen LogP contribution < -0.4 is 10.2 Å². The van der Waals surface area contributed by atoms with Crippen molar-refractivity contribution in [1.82, 2.24) is 5.32 Å². The minimum Gasteiger partial charge on any atom is -0.352 e. The minimum atomic E-state index is -1.01. The van der Waals surface area contributed by atoms with Crippen molar-refractivity contribution >= 4 is 23.2 Å². The molecule has 2 heterocycles. The van der Waals surface area contributed by atoms with Crippen molar-refractivity contribution in [2.75, 3.05) is 31.7 Å². The predicted octanol–water partition coefficient (Wildman–Crippen LogP) is 2.44. The van der Waals surface area contributed by atoms with Gasteiger partial charge in [-0.1, -0.05) is 12.1 Å². The maximum Gasteiger partial charge on any atom is 0.273 e. The number of rotatable bonds is 6. The summed E-state index contributed by atoms with van der Waals surface area (Å²) in [5, 5.41) is 13.9. The van der Waals surface area contributed by atoms with E-state index in [-0.39, 0.29) is 23.7 Å². The van der Waals surface area contributed by atoms with Crippen LogP contribution in [-0.2, 0) is 26.5 Å². The Morgan fingerprint density at radius 2 is 2.00 bits per heavy atom. The molecule has 2 aliphatic heterocycles. The number of nitro benzene ring substituents is 1. The van der Waals surface area contributed by atoms with Gasteiger partial charge in [0.1, 0.15) is 0 Å². The highest BCUT2D eigenvalue weighted by Crippen LogP contribution is 2.38. The normalized spacial score (nSPS) is 17.0. The van der Waals surface area contributed by atoms with E-state index in [2.05, 4.69) is 5.32 Å². The smallest absolute Gasteiger partial charge is 0.273 e. The van der Waals surface area contributed by atoms with Gasteiger partial charge in [-0.2, -0.15) is 0 Å². The summed E-state index contributed by atoms with van der Waals surface area (Å²) in [4.78, 5) is 36.9. The average molecular weight is 425 g/mol. The summed E-state index contributed by atoms with van der Waals surface area (Å²) in [6.45, 7) is 2.65. The number of nitro groups is 1. The third-order valence-corrected chi connectivity index (χ3v) is 5.84. The number of hydrogen-bond donors (Lipinski definition) is 1. The lowest BCUT2D eigenvalue weighted by Gasteiger charge is -2.28. The van der Waals surface area contributed by atoms with Crippen LogP contribution in [0.1, 0.15) is 33.5 Å². The molecule has 0 atom stereocenters. The van der Waals surface area contributed by atoms with Crippen LogP contribution in [-0.4, -0.2) is 43.5 Å². The molecule has 31 heavy (non-hydrogen) atoms. The third-order valence-electron chi connectivity index (χ3n) is 5.84. The monoisotopic (exact) mass is 425 g/mol. The zero-order valence-electron chi connectivity index (χ0n) is 17.3. The van der Waals surface area contributed by atoms with E-state index in [9.17, 15) is 19.7 Å². The number of fused-ring (bicyclic) bond motifs is 1. The van der Waals surface area contributed by atoms with Gasteiger partial charge < -0.3 is 19.7 Å². The second kappa shape index (κ2) is 8.09. The fourth-order valence-electron chi connectivity index (χ4n) is 4.12.